The van der Waals surface area contributed by atoms with Crippen LogP contribution in [0.25, 0.3) is 27.7 Å². The molecule has 0 fully saturated rings. The number of nitrogens with one attached hydrogen (secondary N) is 1. The zero-order chi connectivity index (χ0) is 15.4. The van der Waals surface area contributed by atoms with Gasteiger partial charge in [0.1, 0.15) is 18.6 Å². The van der Waals surface area contributed by atoms with Crippen molar-refractivity contribution < 1.29 is 4.42 Å². The summed E-state index contributed by atoms with van der Waals surface area (Å²) in [5.41, 5.74) is 1.03. The van der Waals surface area contributed by atoms with Crippen LogP contribution in [-0.2, 0) is 6.54 Å². The lowest BCUT2D eigenvalue weighted by Gasteiger charge is -2.03. The Balaban J connectivity index is 1.86. The first-order valence-corrected chi connectivity index (χ1v) is 6.90. The number of aromatic amines is 1. The van der Waals surface area contributed by atoms with Crippen LogP contribution in [0.5, 0.6) is 0 Å². The normalized spacial score (nSPS) is 11.8. The molecule has 0 amide bonds. The van der Waals surface area contributed by atoms with Crippen LogP contribution in [0.15, 0.2) is 46.3 Å². The molecule has 0 spiro atoms. The predicted molar refractivity (Wildman–Crippen MR) is 80.0 cm³/mol. The van der Waals surface area contributed by atoms with Gasteiger partial charge in [0.25, 0.3) is 5.56 Å². The highest BCUT2D eigenvalue weighted by molar-refractivity contribution is 6.01. The highest BCUT2D eigenvalue weighted by Crippen LogP contribution is 2.21. The van der Waals surface area contributed by atoms with Gasteiger partial charge in [-0.25, -0.2) is 9.67 Å². The Bertz CT molecular complexity index is 1210. The third-order valence-corrected chi connectivity index (χ3v) is 3.75. The molecule has 0 atom stereocenters. The topological polar surface area (TPSA) is 107 Å². The molecule has 9 heteroatoms. The van der Waals surface area contributed by atoms with E-state index in [-0.39, 0.29) is 5.56 Å². The van der Waals surface area contributed by atoms with Gasteiger partial charge in [0, 0.05) is 6.20 Å². The summed E-state index contributed by atoms with van der Waals surface area (Å²) in [6.07, 6.45) is 6.21. The van der Waals surface area contributed by atoms with Gasteiger partial charge in [-0.3, -0.25) is 9.78 Å². The Labute approximate surface area is 127 Å². The second-order valence-electron chi connectivity index (χ2n) is 5.09. The number of aromatic nitrogens is 7. The summed E-state index contributed by atoms with van der Waals surface area (Å²) in [7, 11) is 0. The van der Waals surface area contributed by atoms with Crippen molar-refractivity contribution >= 4 is 27.7 Å². The minimum absolute atomic E-state index is 0.256. The van der Waals surface area contributed by atoms with Gasteiger partial charge in [-0.05, 0) is 12.1 Å². The van der Waals surface area contributed by atoms with Crippen LogP contribution in [0.4, 0.5) is 0 Å². The molecule has 1 N–H and O–H groups in total. The molecule has 0 aliphatic heterocycles. The fourth-order valence-corrected chi connectivity index (χ4v) is 2.73. The van der Waals surface area contributed by atoms with E-state index in [1.807, 2.05) is 12.1 Å². The molecule has 5 aromatic heterocycles. The second kappa shape index (κ2) is 4.26. The number of nitrogens with zero attached hydrogens (tertiary/aromatic N) is 6. The molecule has 0 bridgehead atoms. The van der Waals surface area contributed by atoms with Gasteiger partial charge in [-0.2, -0.15) is 19.7 Å². The molecule has 23 heavy (non-hydrogen) atoms. The summed E-state index contributed by atoms with van der Waals surface area (Å²) in [6, 6.07) is 3.69. The minimum Gasteiger partial charge on any atom is -0.467 e. The fraction of sp³-hybridized carbons (Fsp3) is 0.0714. The number of H-pyrrole nitrogens is 1. The molecule has 0 aromatic carbocycles. The highest BCUT2D eigenvalue weighted by atomic mass is 16.3. The third kappa shape index (κ3) is 1.64. The van der Waals surface area contributed by atoms with E-state index in [1.165, 1.54) is 12.5 Å². The molecule has 112 valence electrons. The number of furan rings is 1. The van der Waals surface area contributed by atoms with Crippen LogP contribution >= 0.6 is 0 Å². The lowest BCUT2D eigenvalue weighted by atomic mass is 10.2. The zero-order valence-electron chi connectivity index (χ0n) is 11.7. The van der Waals surface area contributed by atoms with Crippen LogP contribution < -0.4 is 5.56 Å². The number of fused-ring (bicyclic) bond motifs is 5. The Morgan fingerprint density at radius 1 is 1.17 bits per heavy atom. The number of pyridine rings is 1. The monoisotopic (exact) mass is 307 g/mol. The van der Waals surface area contributed by atoms with Gasteiger partial charge in [0.05, 0.1) is 28.7 Å². The van der Waals surface area contributed by atoms with Crippen molar-refractivity contribution in [1.29, 1.82) is 0 Å². The van der Waals surface area contributed by atoms with Gasteiger partial charge in [0.15, 0.2) is 5.65 Å². The van der Waals surface area contributed by atoms with Crippen molar-refractivity contribution in [3.63, 3.8) is 0 Å². The van der Waals surface area contributed by atoms with E-state index in [2.05, 4.69) is 25.1 Å². The Hall–Kier alpha value is -3.49. The van der Waals surface area contributed by atoms with Gasteiger partial charge in [0.2, 0.25) is 5.78 Å². The average Bonchev–Trinajstić information content (AvgIpc) is 3.28. The number of hydrogen-bond acceptors (Lipinski definition) is 6. The first kappa shape index (κ1) is 12.1. The van der Waals surface area contributed by atoms with Crippen molar-refractivity contribution in [3.8, 4) is 0 Å². The van der Waals surface area contributed by atoms with E-state index in [0.29, 0.717) is 28.9 Å². The van der Waals surface area contributed by atoms with Crippen LogP contribution in [0.2, 0.25) is 0 Å². The van der Waals surface area contributed by atoms with Gasteiger partial charge >= 0.3 is 0 Å². The Morgan fingerprint density at radius 2 is 2.13 bits per heavy atom. The van der Waals surface area contributed by atoms with Gasteiger partial charge in [-0.15, -0.1) is 0 Å². The summed E-state index contributed by atoms with van der Waals surface area (Å²) in [5.74, 6) is 1.16. The first-order valence-electron chi connectivity index (χ1n) is 6.90. The summed E-state index contributed by atoms with van der Waals surface area (Å²) in [6.45, 7) is 0.457. The van der Waals surface area contributed by atoms with Crippen molar-refractivity contribution in [2.24, 2.45) is 0 Å². The molecule has 5 aromatic rings. The molecular weight excluding hydrogens is 298 g/mol. The smallest absolute Gasteiger partial charge is 0.261 e. The predicted octanol–water partition coefficient (Wildman–Crippen LogP) is 0.957. The van der Waals surface area contributed by atoms with Gasteiger partial charge < -0.3 is 4.42 Å². The molecule has 0 aliphatic carbocycles. The van der Waals surface area contributed by atoms with E-state index < -0.39 is 0 Å². The summed E-state index contributed by atoms with van der Waals surface area (Å²) in [5, 5.41) is 9.71. The maximum absolute atomic E-state index is 12.2. The third-order valence-electron chi connectivity index (χ3n) is 3.75. The second-order valence-corrected chi connectivity index (χ2v) is 5.09. The molecule has 9 nitrogen and oxygen atoms in total. The SMILES string of the molecule is O=c1[nH]c2ncnn2c2c1cnc1c2cnn1Cc1ccco1. The molecule has 0 saturated heterocycles. The molecule has 0 aliphatic rings. The standard InChI is InChI=1S/C14H9N7O2/c22-13-10-4-15-12-9(11(10)21-14(19-13)16-7-18-21)5-17-20(12)6-8-2-1-3-23-8/h1-5,7H,6H2,(H,16,18,19,22). The van der Waals surface area contributed by atoms with Crippen LogP contribution in [0.3, 0.4) is 0 Å². The van der Waals surface area contributed by atoms with Crippen molar-refractivity contribution in [2.45, 2.75) is 6.54 Å². The Kier molecular flexibility index (Phi) is 2.24. The largest absolute Gasteiger partial charge is 0.467 e. The highest BCUT2D eigenvalue weighted by Gasteiger charge is 2.15. The van der Waals surface area contributed by atoms with Crippen LogP contribution in [0, 0.1) is 0 Å². The van der Waals surface area contributed by atoms with Crippen molar-refractivity contribution in [2.75, 3.05) is 0 Å². The van der Waals surface area contributed by atoms with E-state index >= 15 is 0 Å². The zero-order valence-corrected chi connectivity index (χ0v) is 11.7. The molecule has 0 saturated carbocycles. The maximum Gasteiger partial charge on any atom is 0.261 e. The molecule has 5 rings (SSSR count). The number of rotatable bonds is 2. The van der Waals surface area contributed by atoms with Crippen LogP contribution in [0.1, 0.15) is 5.76 Å². The summed E-state index contributed by atoms with van der Waals surface area (Å²) < 4.78 is 8.65. The molecule has 0 radical (unpaired) electrons. The van der Waals surface area contributed by atoms with E-state index in [4.69, 9.17) is 4.42 Å². The summed E-state index contributed by atoms with van der Waals surface area (Å²) >= 11 is 0. The molecule has 0 unspecified atom stereocenters. The molecule has 5 heterocycles. The minimum atomic E-state index is -0.256. The quantitative estimate of drug-likeness (QED) is 0.520. The van der Waals surface area contributed by atoms with E-state index in [0.717, 1.165) is 11.1 Å². The van der Waals surface area contributed by atoms with E-state index in [1.54, 1.807) is 21.7 Å². The lowest BCUT2D eigenvalue weighted by molar-refractivity contribution is 0.483. The van der Waals surface area contributed by atoms with Crippen molar-refractivity contribution in [1.82, 2.24) is 34.3 Å². The van der Waals surface area contributed by atoms with E-state index in [9.17, 15) is 4.79 Å². The lowest BCUT2D eigenvalue weighted by Crippen LogP contribution is -2.11. The Morgan fingerprint density at radius 3 is 3.00 bits per heavy atom. The van der Waals surface area contributed by atoms with Crippen molar-refractivity contribution in [3.05, 3.63) is 53.2 Å². The maximum atomic E-state index is 12.2. The summed E-state index contributed by atoms with van der Waals surface area (Å²) in [4.78, 5) is 23.3. The molecular formula is C14H9N7O2. The average molecular weight is 307 g/mol. The fourth-order valence-electron chi connectivity index (χ4n) is 2.73. The van der Waals surface area contributed by atoms with Crippen LogP contribution in [-0.4, -0.2) is 34.3 Å². The van der Waals surface area contributed by atoms with Gasteiger partial charge in [-0.1, -0.05) is 0 Å². The first-order chi connectivity index (χ1) is 11.3. The number of hydrogen-bond donors (Lipinski definition) is 1.